The maximum Gasteiger partial charge on any atom is 0.324 e. The third-order valence-electron chi connectivity index (χ3n) is 17.1. The van der Waals surface area contributed by atoms with E-state index in [-0.39, 0.29) is 60.5 Å². The van der Waals surface area contributed by atoms with E-state index in [1.807, 2.05) is 86.5 Å². The number of amides is 3. The maximum atomic E-state index is 15.0. The molecule has 3 aromatic carbocycles. The molecule has 6 bridgehead atoms. The number of carbonyl (C=O) groups excluding carboxylic acids is 4. The van der Waals surface area contributed by atoms with Crippen LogP contribution >= 0.6 is 0 Å². The van der Waals surface area contributed by atoms with Crippen molar-refractivity contribution in [3.8, 4) is 39.3 Å². The van der Waals surface area contributed by atoms with Gasteiger partial charge in [-0.05, 0) is 122 Å². The van der Waals surface area contributed by atoms with Crippen molar-refractivity contribution in [2.24, 2.45) is 17.3 Å². The lowest BCUT2D eigenvalue weighted by Gasteiger charge is -2.37. The number of hydrazine groups is 1. The molecule has 0 radical (unpaired) electrons. The molecule has 6 unspecified atom stereocenters. The van der Waals surface area contributed by atoms with Gasteiger partial charge in [-0.1, -0.05) is 70.2 Å². The van der Waals surface area contributed by atoms with Gasteiger partial charge < -0.3 is 34.1 Å². The van der Waals surface area contributed by atoms with E-state index in [1.54, 1.807) is 26.3 Å². The van der Waals surface area contributed by atoms with Crippen LogP contribution < -0.4 is 10.7 Å². The largest absolute Gasteiger partial charge is 0.508 e. The minimum atomic E-state index is -3.00. The first-order valence-corrected chi connectivity index (χ1v) is 30.8. The lowest BCUT2D eigenvalue weighted by atomic mass is 9.83. The minimum absolute atomic E-state index is 0.0300. The first-order chi connectivity index (χ1) is 39.2. The summed E-state index contributed by atoms with van der Waals surface area (Å²) in [5.74, 6) is -1.83. The fourth-order valence-electron chi connectivity index (χ4n) is 12.7. The number of cyclic esters (lactones) is 1. The molecule has 4 aliphatic rings. The minimum Gasteiger partial charge on any atom is -0.508 e. The quantitative estimate of drug-likeness (QED) is 0.0931. The van der Waals surface area contributed by atoms with Crippen LogP contribution in [0.3, 0.4) is 0 Å². The number of esters is 1. The van der Waals surface area contributed by atoms with Gasteiger partial charge in [-0.3, -0.25) is 33.9 Å². The lowest BCUT2D eigenvalue weighted by molar-refractivity contribution is -0.155. The van der Waals surface area contributed by atoms with Gasteiger partial charge in [0, 0.05) is 98.1 Å². The molecule has 10 rings (SSSR count). The number of phenols is 1. The zero-order valence-electron chi connectivity index (χ0n) is 48.4. The summed E-state index contributed by atoms with van der Waals surface area (Å²) in [5, 5.41) is 21.7. The van der Waals surface area contributed by atoms with Crippen LogP contribution in [0.1, 0.15) is 108 Å². The van der Waals surface area contributed by atoms with E-state index < -0.39 is 63.4 Å². The summed E-state index contributed by atoms with van der Waals surface area (Å²) < 4.78 is 46.9. The molecule has 0 saturated carbocycles. The van der Waals surface area contributed by atoms with Crippen molar-refractivity contribution >= 4 is 44.4 Å². The molecular formula is C63H78N8O10S. The second-order valence-corrected chi connectivity index (χ2v) is 26.3. The van der Waals surface area contributed by atoms with Gasteiger partial charge in [0.25, 0.3) is 11.8 Å². The van der Waals surface area contributed by atoms with Gasteiger partial charge >= 0.3 is 5.97 Å². The summed E-state index contributed by atoms with van der Waals surface area (Å²) in [7, 11) is 0.274. The van der Waals surface area contributed by atoms with Gasteiger partial charge in [0.1, 0.15) is 39.8 Å². The Balaban J connectivity index is 1.04. The molecule has 436 valence electrons. The zero-order chi connectivity index (χ0) is 58.2. The van der Waals surface area contributed by atoms with Crippen LogP contribution in [0.5, 0.6) is 5.75 Å². The topological polar surface area (TPSA) is 217 Å². The van der Waals surface area contributed by atoms with Crippen LogP contribution in [-0.2, 0) is 69.2 Å². The first-order valence-electron chi connectivity index (χ1n) is 28.9. The highest BCUT2D eigenvalue weighted by atomic mass is 32.2. The number of phenolic OH excluding ortho intramolecular Hbond substituents is 1. The standard InChI is InChI=1S/C63H78N8O10S/c1-9-70-54-18-17-43-30-49(54)51(57(70)50-31-45(33-64-55(50)39(4)79-8)46-34-65-69(36-46)35-40-20-24-82(77,78)25-21-40)32-63(5,6)37-81-62(76)52-16-13-22-71(67-52)60(74)53(28-41-26-44(43)29-47(72)27-41)66-59(73)56(38(2)3)68(7)61(75)58-48(19-23-80-58)42-14-11-10-12-15-42/h10-12,14-15,17-18,26-27,29-31,33-34,36,38-40,48,52-53,56,58,67,72H,9,13,16,19-25,28,32,35,37H2,1-8H3,(H,66,73). The fourth-order valence-corrected chi connectivity index (χ4v) is 14.3. The summed E-state index contributed by atoms with van der Waals surface area (Å²) in [6.45, 7) is 13.9. The lowest BCUT2D eigenvalue weighted by Crippen LogP contribution is -2.62. The highest BCUT2D eigenvalue weighted by molar-refractivity contribution is 7.91. The van der Waals surface area contributed by atoms with Crippen LogP contribution in [0.15, 0.2) is 91.4 Å². The van der Waals surface area contributed by atoms with E-state index >= 15 is 0 Å². The van der Waals surface area contributed by atoms with E-state index in [1.165, 1.54) is 9.91 Å². The second-order valence-electron chi connectivity index (χ2n) is 24.0. The highest BCUT2D eigenvalue weighted by Crippen LogP contribution is 2.44. The molecule has 82 heavy (non-hydrogen) atoms. The molecule has 6 atom stereocenters. The number of carbonyl (C=O) groups is 4. The van der Waals surface area contributed by atoms with Gasteiger partial charge in [-0.25, -0.2) is 13.8 Å². The number of pyridine rings is 1. The number of benzene rings is 3. The molecule has 0 spiro atoms. The summed E-state index contributed by atoms with van der Waals surface area (Å²) in [6.07, 6.45) is 7.68. The number of ether oxygens (including phenoxy) is 3. The van der Waals surface area contributed by atoms with E-state index in [2.05, 4.69) is 54.3 Å². The van der Waals surface area contributed by atoms with Gasteiger partial charge in [0.2, 0.25) is 5.91 Å². The number of fused-ring (bicyclic) bond motifs is 6. The molecule has 3 N–H and O–H groups in total. The van der Waals surface area contributed by atoms with Crippen molar-refractivity contribution in [1.82, 2.24) is 40.0 Å². The molecule has 4 aliphatic heterocycles. The third-order valence-corrected chi connectivity index (χ3v) is 18.8. The Hall–Kier alpha value is -6.93. The number of nitrogens with zero attached hydrogens (tertiary/aromatic N) is 6. The monoisotopic (exact) mass is 1140 g/mol. The van der Waals surface area contributed by atoms with Gasteiger partial charge in [0.15, 0.2) is 0 Å². The molecule has 3 amide bonds. The molecule has 7 heterocycles. The normalized spacial score (nSPS) is 22.1. The molecule has 6 aromatic rings. The second kappa shape index (κ2) is 24.1. The summed E-state index contributed by atoms with van der Waals surface area (Å²) in [4.78, 5) is 65.0. The number of methoxy groups -OCH3 is 1. The molecule has 3 saturated heterocycles. The van der Waals surface area contributed by atoms with Crippen LogP contribution in [0.2, 0.25) is 0 Å². The highest BCUT2D eigenvalue weighted by Gasteiger charge is 2.43. The van der Waals surface area contributed by atoms with Crippen LogP contribution in [0.4, 0.5) is 0 Å². The molecular weight excluding hydrogens is 1060 g/mol. The number of aromatic nitrogens is 4. The van der Waals surface area contributed by atoms with E-state index in [0.29, 0.717) is 69.3 Å². The Labute approximate surface area is 480 Å². The van der Waals surface area contributed by atoms with Crippen molar-refractivity contribution in [1.29, 1.82) is 0 Å². The Morgan fingerprint density at radius 3 is 2.45 bits per heavy atom. The number of rotatable bonds is 13. The maximum absolute atomic E-state index is 15.0. The summed E-state index contributed by atoms with van der Waals surface area (Å²) >= 11 is 0. The van der Waals surface area contributed by atoms with Crippen LogP contribution in [-0.4, -0.2) is 136 Å². The summed E-state index contributed by atoms with van der Waals surface area (Å²) in [5.41, 5.74) is 11.8. The van der Waals surface area contributed by atoms with E-state index in [4.69, 9.17) is 24.3 Å². The van der Waals surface area contributed by atoms with Crippen molar-refractivity contribution in [3.05, 3.63) is 114 Å². The number of aromatic hydroxyl groups is 1. The SMILES string of the molecule is CCn1c(-c2cc(-c3cnn(CC4CCS(=O)(=O)CC4)c3)cnc2C(C)OC)c2c3cc(ccc31)-c1cc(O)cc(c1)CC(NC(=O)C(C(C)C)N(C)C(=O)C1OCCC1c1ccccc1)C(=O)N1CCCC(N1)C(=O)OCC(C)(C)C2. The molecule has 3 aromatic heterocycles. The Morgan fingerprint density at radius 1 is 0.951 bits per heavy atom. The Morgan fingerprint density at radius 2 is 1.72 bits per heavy atom. The average Bonchev–Trinajstić information content (AvgIpc) is 4.43. The summed E-state index contributed by atoms with van der Waals surface area (Å²) in [6, 6.07) is 20.3. The van der Waals surface area contributed by atoms with Crippen molar-refractivity contribution < 1.29 is 46.9 Å². The smallest absolute Gasteiger partial charge is 0.324 e. The Bertz CT molecular complexity index is 3450. The molecule has 3 fully saturated rings. The molecule has 19 heteroatoms. The van der Waals surface area contributed by atoms with E-state index in [9.17, 15) is 32.7 Å². The first kappa shape index (κ1) is 58.3. The molecule has 18 nitrogen and oxygen atoms in total. The van der Waals surface area contributed by atoms with Crippen LogP contribution in [0.25, 0.3) is 44.4 Å². The number of hydrogen-bond acceptors (Lipinski definition) is 13. The van der Waals surface area contributed by atoms with Gasteiger partial charge in [-0.15, -0.1) is 0 Å². The number of hydrogen-bond donors (Lipinski definition) is 3. The fraction of sp³-hybridized carbons (Fsp3) is 0.492. The predicted octanol–water partition coefficient (Wildman–Crippen LogP) is 8.20. The van der Waals surface area contributed by atoms with Gasteiger partial charge in [0.05, 0.1) is 41.8 Å². The third kappa shape index (κ3) is 12.4. The number of sulfone groups is 1. The van der Waals surface area contributed by atoms with Crippen molar-refractivity contribution in [3.63, 3.8) is 0 Å². The Kier molecular flexibility index (Phi) is 17.1. The van der Waals surface area contributed by atoms with E-state index in [0.717, 1.165) is 55.7 Å². The average molecular weight is 1140 g/mol. The number of aryl methyl sites for hydroxylation is 1. The van der Waals surface area contributed by atoms with Crippen molar-refractivity contribution in [2.75, 3.05) is 45.4 Å². The predicted molar refractivity (Wildman–Crippen MR) is 313 cm³/mol. The van der Waals surface area contributed by atoms with Crippen molar-refractivity contribution in [2.45, 2.75) is 136 Å². The van der Waals surface area contributed by atoms with Crippen LogP contribution in [0, 0.1) is 17.3 Å². The number of likely N-dealkylation sites (N-methyl/N-ethyl adjacent to an activating group) is 1. The van der Waals surface area contributed by atoms with Gasteiger partial charge in [-0.2, -0.15) is 5.10 Å². The molecule has 0 aliphatic carbocycles. The zero-order valence-corrected chi connectivity index (χ0v) is 49.2. The number of nitrogens with one attached hydrogen (secondary N) is 2.